The van der Waals surface area contributed by atoms with Crippen molar-refractivity contribution in [3.05, 3.63) is 0 Å². The van der Waals surface area contributed by atoms with Gasteiger partial charge in [-0.1, -0.05) is 0 Å². The zero-order valence-electron chi connectivity index (χ0n) is 19.4. The van der Waals surface area contributed by atoms with Gasteiger partial charge in [0.2, 0.25) is 23.6 Å². The van der Waals surface area contributed by atoms with Crippen LogP contribution >= 0.6 is 11.8 Å². The van der Waals surface area contributed by atoms with Crippen LogP contribution in [0.1, 0.15) is 39.0 Å². The first-order chi connectivity index (χ1) is 15.9. The molecule has 0 saturated carbocycles. The molecule has 0 aliphatic heterocycles. The maximum absolute atomic E-state index is 12.9. The number of aliphatic imine (C=N–C) groups is 1. The van der Waals surface area contributed by atoms with Crippen molar-refractivity contribution in [3.63, 3.8) is 0 Å². The molecule has 194 valence electrons. The Morgan fingerprint density at radius 3 is 2.00 bits per heavy atom. The summed E-state index contributed by atoms with van der Waals surface area (Å²) in [5.41, 5.74) is 21.5. The molecule has 4 amide bonds. The number of rotatable bonds is 17. The molecular weight excluding hydrogens is 468 g/mol. The summed E-state index contributed by atoms with van der Waals surface area (Å²) in [5.74, 6) is -3.55. The Morgan fingerprint density at radius 2 is 1.47 bits per heavy atom. The number of aliphatic carboxylic acids is 1. The van der Waals surface area contributed by atoms with Gasteiger partial charge in [-0.3, -0.25) is 29.0 Å². The molecule has 0 aromatic rings. The number of nitrogens with two attached hydrogens (primary N) is 4. The lowest BCUT2D eigenvalue weighted by atomic mass is 10.1. The van der Waals surface area contributed by atoms with E-state index in [1.54, 1.807) is 6.26 Å². The van der Waals surface area contributed by atoms with Crippen molar-refractivity contribution in [1.29, 1.82) is 0 Å². The fourth-order valence-electron chi connectivity index (χ4n) is 2.64. The molecule has 0 rings (SSSR count). The van der Waals surface area contributed by atoms with Gasteiger partial charge in [0.1, 0.15) is 18.1 Å². The topological polar surface area (TPSA) is 258 Å². The van der Waals surface area contributed by atoms with E-state index in [-0.39, 0.29) is 38.2 Å². The van der Waals surface area contributed by atoms with Gasteiger partial charge in [-0.2, -0.15) is 11.8 Å². The summed E-state index contributed by atoms with van der Waals surface area (Å²) < 4.78 is 0. The molecule has 0 bridgehead atoms. The highest BCUT2D eigenvalue weighted by atomic mass is 32.2. The molecule has 12 N–H and O–H groups in total. The van der Waals surface area contributed by atoms with E-state index in [1.807, 2.05) is 0 Å². The molecule has 0 aliphatic carbocycles. The number of nitrogens with one attached hydrogen (secondary N) is 3. The summed E-state index contributed by atoms with van der Waals surface area (Å²) in [7, 11) is 0. The monoisotopic (exact) mass is 504 g/mol. The van der Waals surface area contributed by atoms with Crippen LogP contribution in [-0.4, -0.2) is 83.4 Å². The molecule has 0 aromatic carbocycles. The summed E-state index contributed by atoms with van der Waals surface area (Å²) in [6.07, 6.45) is 2.36. The van der Waals surface area contributed by atoms with Crippen LogP contribution in [0.3, 0.4) is 0 Å². The smallest absolute Gasteiger partial charge is 0.325 e. The van der Waals surface area contributed by atoms with Gasteiger partial charge in [0.15, 0.2) is 5.96 Å². The minimum atomic E-state index is -1.23. The second-order valence-corrected chi connectivity index (χ2v) is 8.52. The van der Waals surface area contributed by atoms with Crippen molar-refractivity contribution in [3.8, 4) is 0 Å². The fourth-order valence-corrected chi connectivity index (χ4v) is 3.11. The lowest BCUT2D eigenvalue weighted by molar-refractivity contribution is -0.141. The number of carboxylic acid groups (broad SMARTS) is 1. The van der Waals surface area contributed by atoms with Crippen LogP contribution < -0.4 is 38.9 Å². The highest BCUT2D eigenvalue weighted by molar-refractivity contribution is 7.98. The first-order valence-corrected chi connectivity index (χ1v) is 12.0. The summed E-state index contributed by atoms with van der Waals surface area (Å²) in [6, 6.07) is -4.37. The minimum Gasteiger partial charge on any atom is -0.480 e. The number of guanidine groups is 1. The van der Waals surface area contributed by atoms with Crippen LogP contribution in [0.2, 0.25) is 0 Å². The van der Waals surface area contributed by atoms with Crippen molar-refractivity contribution >= 4 is 47.3 Å². The zero-order valence-corrected chi connectivity index (χ0v) is 20.2. The lowest BCUT2D eigenvalue weighted by Crippen LogP contribution is -2.57. The predicted molar refractivity (Wildman–Crippen MR) is 128 cm³/mol. The highest BCUT2D eigenvalue weighted by Gasteiger charge is 2.29. The molecule has 0 radical (unpaired) electrons. The van der Waals surface area contributed by atoms with Gasteiger partial charge in [-0.15, -0.1) is 0 Å². The molecule has 0 heterocycles. The van der Waals surface area contributed by atoms with Gasteiger partial charge in [0, 0.05) is 13.0 Å². The number of hydrogen-bond acceptors (Lipinski definition) is 8. The molecule has 0 saturated heterocycles. The molecule has 0 spiro atoms. The molecular formula is C19H36N8O6S. The van der Waals surface area contributed by atoms with E-state index < -0.39 is 53.8 Å². The number of hydrogen-bond donors (Lipinski definition) is 8. The quantitative estimate of drug-likeness (QED) is 0.0563. The number of amides is 4. The summed E-state index contributed by atoms with van der Waals surface area (Å²) in [5, 5.41) is 16.3. The summed E-state index contributed by atoms with van der Waals surface area (Å²) in [6.45, 7) is 1.56. The van der Waals surface area contributed by atoms with Gasteiger partial charge in [0.05, 0.1) is 6.04 Å². The van der Waals surface area contributed by atoms with Crippen LogP contribution in [0, 0.1) is 0 Å². The molecule has 15 heteroatoms. The summed E-state index contributed by atoms with van der Waals surface area (Å²) >= 11 is 1.43. The molecule has 0 aliphatic rings. The van der Waals surface area contributed by atoms with Crippen molar-refractivity contribution in [2.24, 2.45) is 27.9 Å². The predicted octanol–water partition coefficient (Wildman–Crippen LogP) is -3.06. The Morgan fingerprint density at radius 1 is 0.912 bits per heavy atom. The number of carboxylic acids is 1. The standard InChI is InChI=1S/C19H36N8O6S/c1-10(18(32)33)25-16(30)13(7-9-34-2)27-17(31)12(5-6-14(21)28)26-15(29)11(20)4-3-8-24-19(22)23/h10-13H,3-9,20H2,1-2H3,(H2,21,28)(H,25,30)(H,26,29)(H,27,31)(H,32,33)(H4,22,23,24). The number of nitrogens with zero attached hydrogens (tertiary/aromatic N) is 1. The van der Waals surface area contributed by atoms with Gasteiger partial charge < -0.3 is 44.0 Å². The maximum Gasteiger partial charge on any atom is 0.325 e. The van der Waals surface area contributed by atoms with Crippen LogP contribution in [0.25, 0.3) is 0 Å². The van der Waals surface area contributed by atoms with Gasteiger partial charge in [0.25, 0.3) is 0 Å². The van der Waals surface area contributed by atoms with E-state index in [2.05, 4.69) is 20.9 Å². The van der Waals surface area contributed by atoms with E-state index in [0.29, 0.717) is 12.2 Å². The third-order valence-corrected chi connectivity index (χ3v) is 5.23. The third-order valence-electron chi connectivity index (χ3n) is 4.59. The Bertz CT molecular complexity index is 746. The number of thioether (sulfide) groups is 1. The third kappa shape index (κ3) is 13.5. The van der Waals surface area contributed by atoms with Crippen molar-refractivity contribution in [1.82, 2.24) is 16.0 Å². The van der Waals surface area contributed by atoms with Gasteiger partial charge in [-0.25, -0.2) is 0 Å². The van der Waals surface area contributed by atoms with E-state index in [1.165, 1.54) is 18.7 Å². The maximum atomic E-state index is 12.9. The largest absolute Gasteiger partial charge is 0.480 e. The Balaban J connectivity index is 5.28. The van der Waals surface area contributed by atoms with Crippen LogP contribution in [0.5, 0.6) is 0 Å². The number of carbonyl (C=O) groups excluding carboxylic acids is 4. The second kappa shape index (κ2) is 16.5. The Kier molecular flexibility index (Phi) is 15.0. The fraction of sp³-hybridized carbons (Fsp3) is 0.684. The Hall–Kier alpha value is -3.07. The van der Waals surface area contributed by atoms with E-state index >= 15 is 0 Å². The highest BCUT2D eigenvalue weighted by Crippen LogP contribution is 2.06. The molecule has 0 aromatic heterocycles. The first kappa shape index (κ1) is 30.9. The molecule has 4 unspecified atom stereocenters. The van der Waals surface area contributed by atoms with Crippen molar-refractivity contribution in [2.75, 3.05) is 18.6 Å². The van der Waals surface area contributed by atoms with E-state index in [9.17, 15) is 24.0 Å². The van der Waals surface area contributed by atoms with Gasteiger partial charge >= 0.3 is 5.97 Å². The normalized spacial score (nSPS) is 14.1. The number of carbonyl (C=O) groups is 5. The van der Waals surface area contributed by atoms with Crippen molar-refractivity contribution in [2.45, 2.75) is 63.2 Å². The van der Waals surface area contributed by atoms with E-state index in [4.69, 9.17) is 28.0 Å². The minimum absolute atomic E-state index is 0.0842. The lowest BCUT2D eigenvalue weighted by Gasteiger charge is -2.24. The molecule has 34 heavy (non-hydrogen) atoms. The molecule has 4 atom stereocenters. The number of primary amides is 1. The Labute approximate surface area is 202 Å². The van der Waals surface area contributed by atoms with Crippen LogP contribution in [-0.2, 0) is 24.0 Å². The van der Waals surface area contributed by atoms with Gasteiger partial charge in [-0.05, 0) is 44.6 Å². The van der Waals surface area contributed by atoms with Crippen molar-refractivity contribution < 1.29 is 29.1 Å². The van der Waals surface area contributed by atoms with Crippen LogP contribution in [0.4, 0.5) is 0 Å². The summed E-state index contributed by atoms with van der Waals surface area (Å²) in [4.78, 5) is 63.9. The second-order valence-electron chi connectivity index (χ2n) is 7.53. The van der Waals surface area contributed by atoms with Crippen LogP contribution in [0.15, 0.2) is 4.99 Å². The average molecular weight is 505 g/mol. The zero-order chi connectivity index (χ0) is 26.3. The first-order valence-electron chi connectivity index (χ1n) is 10.6. The SMILES string of the molecule is CSCCC(NC(=O)C(CCC(N)=O)NC(=O)C(N)CCCN=C(N)N)C(=O)NC(C)C(=O)O. The average Bonchev–Trinajstić information content (AvgIpc) is 2.75. The molecule has 14 nitrogen and oxygen atoms in total. The van der Waals surface area contributed by atoms with E-state index in [0.717, 1.165) is 0 Å². The molecule has 0 fully saturated rings.